The molecule has 0 radical (unpaired) electrons. The zero-order valence-electron chi connectivity index (χ0n) is 6.60. The molecular weight excluding hydrogens is 399 g/mol. The summed E-state index contributed by atoms with van der Waals surface area (Å²) in [5, 5.41) is 9.57. The highest BCUT2D eigenvalue weighted by Gasteiger charge is 2.13. The van der Waals surface area contributed by atoms with Gasteiger partial charge in [-0.25, -0.2) is 4.39 Å². The van der Waals surface area contributed by atoms with Crippen LogP contribution in [0.3, 0.4) is 0 Å². The maximum Gasteiger partial charge on any atom is 0.133 e. The van der Waals surface area contributed by atoms with Gasteiger partial charge in [-0.15, -0.1) is 0 Å². The van der Waals surface area contributed by atoms with Crippen LogP contribution in [0.25, 0.3) is 0 Å². The van der Waals surface area contributed by atoms with E-state index >= 15 is 0 Å². The van der Waals surface area contributed by atoms with Gasteiger partial charge in [-0.1, -0.05) is 0 Å². The first kappa shape index (κ1) is 11.4. The molecule has 1 aromatic rings. The Bertz CT molecular complexity index is 319. The largest absolute Gasteiger partial charge is 0.506 e. The van der Waals surface area contributed by atoms with Crippen LogP contribution < -0.4 is 5.73 Å². The van der Waals surface area contributed by atoms with Crippen LogP contribution in [0.15, 0.2) is 12.1 Å². The Hall–Kier alpha value is 0.370. The summed E-state index contributed by atoms with van der Waals surface area (Å²) in [4.78, 5) is 0. The molecule has 0 aliphatic rings. The van der Waals surface area contributed by atoms with Crippen LogP contribution in [0.1, 0.15) is 11.6 Å². The van der Waals surface area contributed by atoms with Crippen molar-refractivity contribution in [3.05, 3.63) is 24.8 Å². The van der Waals surface area contributed by atoms with Crippen molar-refractivity contribution in [1.29, 1.82) is 0 Å². The molecule has 0 bridgehead atoms. The van der Waals surface area contributed by atoms with E-state index in [4.69, 9.17) is 5.73 Å². The first-order valence-electron chi connectivity index (χ1n) is 3.55. The average molecular weight is 407 g/mol. The van der Waals surface area contributed by atoms with Gasteiger partial charge in [0.2, 0.25) is 0 Å². The molecule has 3 N–H and O–H groups in total. The van der Waals surface area contributed by atoms with Gasteiger partial charge in [-0.3, -0.25) is 0 Å². The summed E-state index contributed by atoms with van der Waals surface area (Å²) in [5.41, 5.74) is 5.96. The molecule has 0 heterocycles. The summed E-state index contributed by atoms with van der Waals surface area (Å²) in [5.74, 6) is 0.0890. The molecule has 1 aromatic carbocycles. The molecule has 0 aromatic heterocycles. The molecule has 0 amide bonds. The highest BCUT2D eigenvalue weighted by atomic mass is 127. The number of rotatable bonds is 2. The quantitative estimate of drug-likeness (QED) is 0.741. The van der Waals surface area contributed by atoms with Crippen LogP contribution >= 0.6 is 45.2 Å². The first-order chi connectivity index (χ1) is 6.06. The van der Waals surface area contributed by atoms with Gasteiger partial charge in [0.15, 0.2) is 0 Å². The molecule has 2 nitrogen and oxygen atoms in total. The molecule has 0 fully saturated rings. The highest BCUT2D eigenvalue weighted by molar-refractivity contribution is 14.1. The van der Waals surface area contributed by atoms with Gasteiger partial charge in [0.1, 0.15) is 12.4 Å². The van der Waals surface area contributed by atoms with Crippen molar-refractivity contribution < 1.29 is 9.50 Å². The lowest BCUT2D eigenvalue weighted by molar-refractivity contribution is 0.413. The van der Waals surface area contributed by atoms with Crippen LogP contribution in [0.5, 0.6) is 5.75 Å². The van der Waals surface area contributed by atoms with Crippen LogP contribution in [-0.4, -0.2) is 11.8 Å². The second-order valence-electron chi connectivity index (χ2n) is 2.59. The standard InChI is InChI=1S/C8H8FI2NO/c9-3-7(12)5-1-4(10)2-6(11)8(5)13/h1-2,7,13H,3,12H2/t7-/m0/s1. The Morgan fingerprint density at radius 1 is 1.46 bits per heavy atom. The third-order valence-corrected chi connectivity index (χ3v) is 3.07. The number of hydrogen-bond donors (Lipinski definition) is 2. The Balaban J connectivity index is 3.20. The maximum atomic E-state index is 12.3. The fraction of sp³-hybridized carbons (Fsp3) is 0.250. The van der Waals surface area contributed by atoms with E-state index < -0.39 is 12.7 Å². The van der Waals surface area contributed by atoms with Crippen molar-refractivity contribution in [2.75, 3.05) is 6.67 Å². The van der Waals surface area contributed by atoms with Crippen LogP contribution in [0.4, 0.5) is 4.39 Å². The molecule has 0 saturated heterocycles. The van der Waals surface area contributed by atoms with Gasteiger partial charge in [0.25, 0.3) is 0 Å². The predicted octanol–water partition coefficient (Wildman–Crippen LogP) is 2.57. The number of benzene rings is 1. The molecular formula is C8H8FI2NO. The Morgan fingerprint density at radius 3 is 2.62 bits per heavy atom. The lowest BCUT2D eigenvalue weighted by Crippen LogP contribution is -2.12. The summed E-state index contributed by atoms with van der Waals surface area (Å²) in [6, 6.07) is 2.77. The number of nitrogens with two attached hydrogens (primary N) is 1. The number of phenols is 1. The van der Waals surface area contributed by atoms with E-state index in [-0.39, 0.29) is 5.75 Å². The van der Waals surface area contributed by atoms with E-state index in [1.54, 1.807) is 6.07 Å². The van der Waals surface area contributed by atoms with E-state index in [1.165, 1.54) is 0 Å². The minimum absolute atomic E-state index is 0.0890. The molecule has 0 spiro atoms. The number of phenolic OH excluding ortho intramolecular Hbond substituents is 1. The number of hydrogen-bond acceptors (Lipinski definition) is 2. The van der Waals surface area contributed by atoms with Crippen molar-refractivity contribution in [1.82, 2.24) is 0 Å². The van der Waals surface area contributed by atoms with E-state index in [9.17, 15) is 9.50 Å². The Kier molecular flexibility index (Phi) is 4.17. The molecule has 72 valence electrons. The minimum atomic E-state index is -0.733. The lowest BCUT2D eigenvalue weighted by atomic mass is 10.1. The average Bonchev–Trinajstić information content (AvgIpc) is 2.10. The van der Waals surface area contributed by atoms with Crippen molar-refractivity contribution in [2.24, 2.45) is 5.73 Å². The van der Waals surface area contributed by atoms with Crippen LogP contribution in [-0.2, 0) is 0 Å². The molecule has 0 unspecified atom stereocenters. The summed E-state index contributed by atoms with van der Waals surface area (Å²) >= 11 is 4.10. The van der Waals surface area contributed by atoms with Gasteiger partial charge < -0.3 is 10.8 Å². The normalized spacial score (nSPS) is 12.9. The SMILES string of the molecule is N[C@@H](CF)c1cc(I)cc(I)c1O. The highest BCUT2D eigenvalue weighted by Crippen LogP contribution is 2.30. The fourth-order valence-electron chi connectivity index (χ4n) is 0.952. The molecule has 13 heavy (non-hydrogen) atoms. The Labute approximate surface area is 103 Å². The smallest absolute Gasteiger partial charge is 0.133 e. The molecule has 1 rings (SSSR count). The van der Waals surface area contributed by atoms with Gasteiger partial charge in [0.05, 0.1) is 9.61 Å². The lowest BCUT2D eigenvalue weighted by Gasteiger charge is -2.11. The minimum Gasteiger partial charge on any atom is -0.506 e. The zero-order valence-corrected chi connectivity index (χ0v) is 10.9. The fourth-order valence-corrected chi connectivity index (χ4v) is 2.84. The molecule has 0 saturated carbocycles. The second kappa shape index (κ2) is 4.74. The molecule has 5 heteroatoms. The predicted molar refractivity (Wildman–Crippen MR) is 66.4 cm³/mol. The van der Waals surface area contributed by atoms with Gasteiger partial charge in [-0.05, 0) is 57.3 Å². The number of aromatic hydroxyl groups is 1. The summed E-state index contributed by atoms with van der Waals surface area (Å²) in [6.45, 7) is -0.663. The third kappa shape index (κ3) is 2.66. The molecule has 0 aliphatic heterocycles. The summed E-state index contributed by atoms with van der Waals surface area (Å²) in [6.07, 6.45) is 0. The van der Waals surface area contributed by atoms with E-state index in [1.807, 2.05) is 28.7 Å². The monoisotopic (exact) mass is 407 g/mol. The van der Waals surface area contributed by atoms with Crippen LogP contribution in [0.2, 0.25) is 0 Å². The molecule has 0 aliphatic carbocycles. The van der Waals surface area contributed by atoms with Gasteiger partial charge in [0, 0.05) is 9.13 Å². The van der Waals surface area contributed by atoms with E-state index in [2.05, 4.69) is 22.6 Å². The second-order valence-corrected chi connectivity index (χ2v) is 4.99. The van der Waals surface area contributed by atoms with E-state index in [0.717, 1.165) is 3.57 Å². The van der Waals surface area contributed by atoms with Gasteiger partial charge >= 0.3 is 0 Å². The van der Waals surface area contributed by atoms with Crippen molar-refractivity contribution in [3.8, 4) is 5.75 Å². The Morgan fingerprint density at radius 2 is 2.08 bits per heavy atom. The topological polar surface area (TPSA) is 46.2 Å². The van der Waals surface area contributed by atoms with Gasteiger partial charge in [-0.2, -0.15) is 0 Å². The van der Waals surface area contributed by atoms with Crippen molar-refractivity contribution in [2.45, 2.75) is 6.04 Å². The molecule has 1 atom stereocenters. The van der Waals surface area contributed by atoms with Crippen molar-refractivity contribution >= 4 is 45.2 Å². The van der Waals surface area contributed by atoms with E-state index in [0.29, 0.717) is 9.13 Å². The number of halogens is 3. The third-order valence-electron chi connectivity index (χ3n) is 1.62. The maximum absolute atomic E-state index is 12.3. The number of alkyl halides is 1. The zero-order chi connectivity index (χ0) is 10.0. The summed E-state index contributed by atoms with van der Waals surface area (Å²) in [7, 11) is 0. The first-order valence-corrected chi connectivity index (χ1v) is 5.71. The summed E-state index contributed by atoms with van der Waals surface area (Å²) < 4.78 is 13.9. The van der Waals surface area contributed by atoms with Crippen molar-refractivity contribution in [3.63, 3.8) is 0 Å². The van der Waals surface area contributed by atoms with Crippen LogP contribution in [0, 0.1) is 7.14 Å².